The van der Waals surface area contributed by atoms with E-state index in [9.17, 15) is 20.0 Å². The van der Waals surface area contributed by atoms with Crippen LogP contribution >= 0.6 is 0 Å². The zero-order valence-corrected chi connectivity index (χ0v) is 12.8. The van der Waals surface area contributed by atoms with Gasteiger partial charge in [-0.25, -0.2) is 5.43 Å². The lowest BCUT2D eigenvalue weighted by atomic mass is 10.2. The van der Waals surface area contributed by atoms with Gasteiger partial charge in [-0.05, 0) is 30.7 Å². The third kappa shape index (κ3) is 4.54. The molecule has 24 heavy (non-hydrogen) atoms. The normalized spacial score (nSPS) is 10.5. The van der Waals surface area contributed by atoms with Crippen molar-refractivity contribution in [3.05, 3.63) is 63.7 Å². The van der Waals surface area contributed by atoms with Crippen molar-refractivity contribution in [2.45, 2.75) is 6.92 Å². The van der Waals surface area contributed by atoms with Crippen molar-refractivity contribution in [2.75, 3.05) is 6.61 Å². The fourth-order valence-electron chi connectivity index (χ4n) is 1.88. The molecule has 1 amide bonds. The summed E-state index contributed by atoms with van der Waals surface area (Å²) in [4.78, 5) is 21.9. The lowest BCUT2D eigenvalue weighted by molar-refractivity contribution is -0.385. The van der Waals surface area contributed by atoms with Gasteiger partial charge in [-0.1, -0.05) is 18.2 Å². The molecule has 2 aromatic carbocycles. The average molecular weight is 329 g/mol. The summed E-state index contributed by atoms with van der Waals surface area (Å²) < 4.78 is 5.35. The Morgan fingerprint density at radius 2 is 2.12 bits per heavy atom. The molecule has 0 aliphatic rings. The molecule has 0 fully saturated rings. The molecule has 0 spiro atoms. The summed E-state index contributed by atoms with van der Waals surface area (Å²) in [5.74, 6) is -0.0752. The Morgan fingerprint density at radius 1 is 1.38 bits per heavy atom. The number of aromatic hydroxyl groups is 1. The van der Waals surface area contributed by atoms with E-state index >= 15 is 0 Å². The Kier molecular flexibility index (Phi) is 5.45. The maximum atomic E-state index is 11.7. The summed E-state index contributed by atoms with van der Waals surface area (Å²) in [6.07, 6.45) is 1.09. The zero-order valence-electron chi connectivity index (χ0n) is 12.8. The number of amides is 1. The molecule has 2 aromatic rings. The molecule has 2 rings (SSSR count). The van der Waals surface area contributed by atoms with Crippen LogP contribution in [0.15, 0.2) is 47.6 Å². The molecule has 0 saturated heterocycles. The molecular formula is C16H15N3O5. The van der Waals surface area contributed by atoms with Gasteiger partial charge in [0.15, 0.2) is 6.61 Å². The standard InChI is InChI=1S/C16H15N3O5/c1-11-4-2-3-5-15(11)24-10-16(21)18-17-9-12-8-13(20)6-7-14(12)19(22)23/h2-9,20H,10H2,1H3,(H,18,21). The number of nitro benzene ring substituents is 1. The molecule has 0 bridgehead atoms. The van der Waals surface area contributed by atoms with Gasteiger partial charge in [-0.2, -0.15) is 5.10 Å². The van der Waals surface area contributed by atoms with Crippen LogP contribution in [0.5, 0.6) is 11.5 Å². The highest BCUT2D eigenvalue weighted by molar-refractivity contribution is 5.87. The number of rotatable bonds is 6. The first kappa shape index (κ1) is 16.9. The van der Waals surface area contributed by atoms with Crippen molar-refractivity contribution in [2.24, 2.45) is 5.10 Å². The number of nitro groups is 1. The average Bonchev–Trinajstić information content (AvgIpc) is 2.54. The van der Waals surface area contributed by atoms with Gasteiger partial charge in [-0.15, -0.1) is 0 Å². The molecule has 0 heterocycles. The van der Waals surface area contributed by atoms with Gasteiger partial charge in [0.05, 0.1) is 16.7 Å². The van der Waals surface area contributed by atoms with Crippen LogP contribution in [0.25, 0.3) is 0 Å². The quantitative estimate of drug-likeness (QED) is 0.479. The van der Waals surface area contributed by atoms with E-state index in [-0.39, 0.29) is 23.6 Å². The number of phenolic OH excluding ortho intramolecular Hbond substituents is 1. The Morgan fingerprint density at radius 3 is 2.83 bits per heavy atom. The molecule has 124 valence electrons. The Bertz CT molecular complexity index is 789. The lowest BCUT2D eigenvalue weighted by Gasteiger charge is -2.07. The van der Waals surface area contributed by atoms with E-state index in [1.807, 2.05) is 19.1 Å². The summed E-state index contributed by atoms with van der Waals surface area (Å²) in [5, 5.41) is 23.9. The van der Waals surface area contributed by atoms with Crippen molar-refractivity contribution >= 4 is 17.8 Å². The molecular weight excluding hydrogens is 314 g/mol. The van der Waals surface area contributed by atoms with Gasteiger partial charge < -0.3 is 9.84 Å². The van der Waals surface area contributed by atoms with E-state index in [4.69, 9.17) is 4.74 Å². The van der Waals surface area contributed by atoms with E-state index in [0.717, 1.165) is 17.8 Å². The van der Waals surface area contributed by atoms with Gasteiger partial charge in [0.1, 0.15) is 11.5 Å². The van der Waals surface area contributed by atoms with Crippen LogP contribution in [0.3, 0.4) is 0 Å². The van der Waals surface area contributed by atoms with Crippen LogP contribution in [-0.2, 0) is 4.79 Å². The molecule has 8 nitrogen and oxygen atoms in total. The third-order valence-electron chi connectivity index (χ3n) is 3.05. The number of nitrogens with zero attached hydrogens (tertiary/aromatic N) is 2. The van der Waals surface area contributed by atoms with Crippen LogP contribution in [0.1, 0.15) is 11.1 Å². The minimum absolute atomic E-state index is 0.0696. The number of hydrogen-bond acceptors (Lipinski definition) is 6. The summed E-state index contributed by atoms with van der Waals surface area (Å²) >= 11 is 0. The van der Waals surface area contributed by atoms with Gasteiger partial charge in [0, 0.05) is 6.07 Å². The second-order valence-corrected chi connectivity index (χ2v) is 4.85. The van der Waals surface area contributed by atoms with Crippen LogP contribution in [0, 0.1) is 17.0 Å². The largest absolute Gasteiger partial charge is 0.508 e. The molecule has 0 saturated carbocycles. The van der Waals surface area contributed by atoms with Gasteiger partial charge >= 0.3 is 0 Å². The van der Waals surface area contributed by atoms with Gasteiger partial charge in [-0.3, -0.25) is 14.9 Å². The number of carbonyl (C=O) groups excluding carboxylic acids is 1. The van der Waals surface area contributed by atoms with E-state index in [1.165, 1.54) is 12.1 Å². The highest BCUT2D eigenvalue weighted by Gasteiger charge is 2.12. The van der Waals surface area contributed by atoms with E-state index < -0.39 is 10.8 Å². The second-order valence-electron chi connectivity index (χ2n) is 4.85. The number of carbonyl (C=O) groups is 1. The summed E-state index contributed by atoms with van der Waals surface area (Å²) in [6, 6.07) is 10.8. The Labute approximate surface area is 137 Å². The minimum atomic E-state index is -0.607. The number of ether oxygens (including phenoxy) is 1. The van der Waals surface area contributed by atoms with E-state index in [1.54, 1.807) is 12.1 Å². The summed E-state index contributed by atoms with van der Waals surface area (Å²) in [5.41, 5.74) is 2.94. The Balaban J connectivity index is 1.94. The SMILES string of the molecule is Cc1ccccc1OCC(=O)NN=Cc1cc(O)ccc1[N+](=O)[O-]. The monoisotopic (exact) mass is 329 g/mol. The Hall–Kier alpha value is -3.42. The molecule has 0 radical (unpaired) electrons. The molecule has 0 unspecified atom stereocenters. The molecule has 0 aliphatic carbocycles. The van der Waals surface area contributed by atoms with Crippen molar-refractivity contribution in [3.8, 4) is 11.5 Å². The second kappa shape index (κ2) is 7.73. The number of nitrogens with one attached hydrogen (secondary N) is 1. The van der Waals surface area contributed by atoms with Gasteiger partial charge in [0.25, 0.3) is 11.6 Å². The van der Waals surface area contributed by atoms with Crippen LogP contribution < -0.4 is 10.2 Å². The van der Waals surface area contributed by atoms with Gasteiger partial charge in [0.2, 0.25) is 0 Å². The van der Waals surface area contributed by atoms with Crippen molar-refractivity contribution in [3.63, 3.8) is 0 Å². The third-order valence-corrected chi connectivity index (χ3v) is 3.05. The highest BCUT2D eigenvalue weighted by Crippen LogP contribution is 2.21. The number of hydrazone groups is 1. The molecule has 0 atom stereocenters. The molecule has 2 N–H and O–H groups in total. The first-order chi connectivity index (χ1) is 11.5. The number of hydrogen-bond donors (Lipinski definition) is 2. The minimum Gasteiger partial charge on any atom is -0.508 e. The predicted octanol–water partition coefficient (Wildman–Crippen LogP) is 2.14. The first-order valence-electron chi connectivity index (χ1n) is 6.95. The highest BCUT2D eigenvalue weighted by atomic mass is 16.6. The van der Waals surface area contributed by atoms with Crippen LogP contribution in [0.2, 0.25) is 0 Å². The lowest BCUT2D eigenvalue weighted by Crippen LogP contribution is -2.24. The van der Waals surface area contributed by atoms with Crippen molar-refractivity contribution in [1.82, 2.24) is 5.43 Å². The molecule has 0 aliphatic heterocycles. The fourth-order valence-corrected chi connectivity index (χ4v) is 1.88. The number of phenols is 1. The van der Waals surface area contributed by atoms with Crippen LogP contribution in [0.4, 0.5) is 5.69 Å². The number of aryl methyl sites for hydroxylation is 1. The number of para-hydroxylation sites is 1. The summed E-state index contributed by atoms with van der Waals surface area (Å²) in [6.45, 7) is 1.61. The number of benzene rings is 2. The zero-order chi connectivity index (χ0) is 17.5. The maximum Gasteiger partial charge on any atom is 0.278 e. The fraction of sp³-hybridized carbons (Fsp3) is 0.125. The topological polar surface area (TPSA) is 114 Å². The maximum absolute atomic E-state index is 11.7. The first-order valence-corrected chi connectivity index (χ1v) is 6.95. The van der Waals surface area contributed by atoms with E-state index in [2.05, 4.69) is 10.5 Å². The van der Waals surface area contributed by atoms with E-state index in [0.29, 0.717) is 5.75 Å². The van der Waals surface area contributed by atoms with Crippen molar-refractivity contribution < 1.29 is 19.6 Å². The van der Waals surface area contributed by atoms with Crippen LogP contribution in [-0.4, -0.2) is 28.8 Å². The molecule has 8 heteroatoms. The summed E-state index contributed by atoms with van der Waals surface area (Å²) in [7, 11) is 0. The molecule has 0 aromatic heterocycles. The smallest absolute Gasteiger partial charge is 0.278 e. The predicted molar refractivity (Wildman–Crippen MR) is 87.2 cm³/mol. The van der Waals surface area contributed by atoms with Crippen molar-refractivity contribution in [1.29, 1.82) is 0 Å².